The van der Waals surface area contributed by atoms with Crippen LogP contribution in [0.2, 0.25) is 0 Å². The zero-order valence-corrected chi connectivity index (χ0v) is 17.4. The summed E-state index contributed by atoms with van der Waals surface area (Å²) < 4.78 is 39.2. The lowest BCUT2D eigenvalue weighted by Gasteiger charge is -2.26. The van der Waals surface area contributed by atoms with Crippen LogP contribution in [0.4, 0.5) is 8.78 Å². The van der Waals surface area contributed by atoms with Gasteiger partial charge in [0.15, 0.2) is 0 Å². The fourth-order valence-corrected chi connectivity index (χ4v) is 3.53. The third kappa shape index (κ3) is 4.44. The van der Waals surface area contributed by atoms with Crippen molar-refractivity contribution in [1.29, 1.82) is 0 Å². The summed E-state index contributed by atoms with van der Waals surface area (Å²) in [6, 6.07) is 7.86. The van der Waals surface area contributed by atoms with Gasteiger partial charge in [-0.1, -0.05) is 18.2 Å². The number of likely N-dealkylation sites (tertiary alicyclic amines) is 1. The number of ketones is 1. The average molecular weight is 431 g/mol. The Hall–Kier alpha value is -3.26. The first-order chi connectivity index (χ1) is 14.8. The maximum absolute atomic E-state index is 14.7. The zero-order chi connectivity index (χ0) is 22.7. The highest BCUT2D eigenvalue weighted by Crippen LogP contribution is 2.41. The molecule has 1 aliphatic rings. The fraction of sp³-hybridized carbons (Fsp3) is 0.304. The van der Waals surface area contributed by atoms with Crippen molar-refractivity contribution in [2.45, 2.75) is 26.0 Å². The number of hydrogen-bond donors (Lipinski definition) is 1. The number of carbonyl (C=O) groups is 2. The maximum Gasteiger partial charge on any atom is 0.295 e. The Morgan fingerprint density at radius 1 is 1.16 bits per heavy atom. The Kier molecular flexibility index (Phi) is 6.70. The van der Waals surface area contributed by atoms with E-state index in [0.29, 0.717) is 0 Å². The van der Waals surface area contributed by atoms with Crippen molar-refractivity contribution in [3.05, 3.63) is 70.8 Å². The van der Waals surface area contributed by atoms with Gasteiger partial charge in [-0.2, -0.15) is 0 Å². The summed E-state index contributed by atoms with van der Waals surface area (Å²) in [6.07, 6.45) is -0.111. The number of halogens is 2. The van der Waals surface area contributed by atoms with Crippen molar-refractivity contribution in [2.75, 3.05) is 20.3 Å². The lowest BCUT2D eigenvalue weighted by atomic mass is 9.94. The minimum atomic E-state index is -1.20. The normalized spacial score (nSPS) is 18.1. The molecule has 1 heterocycles. The molecule has 0 radical (unpaired) electrons. The standard InChI is InChI=1S/C23H23F2NO5/c1-13(2)31-11-10-26-20(15-6-4-5-7-17(15)25)19(22(28)23(26)29)21(27)16-12-14(24)8-9-18(16)30-3/h4-9,12-13,20,27H,10-11H2,1-3H3/b21-19+. The minimum absolute atomic E-state index is 0.00117. The van der Waals surface area contributed by atoms with Gasteiger partial charge in [0.25, 0.3) is 11.7 Å². The van der Waals surface area contributed by atoms with Crippen LogP contribution in [-0.4, -0.2) is 48.1 Å². The molecule has 0 aromatic heterocycles. The molecular weight excluding hydrogens is 408 g/mol. The van der Waals surface area contributed by atoms with Gasteiger partial charge < -0.3 is 19.5 Å². The molecular formula is C23H23F2NO5. The Morgan fingerprint density at radius 2 is 1.87 bits per heavy atom. The van der Waals surface area contributed by atoms with E-state index in [1.807, 2.05) is 13.8 Å². The lowest BCUT2D eigenvalue weighted by Crippen LogP contribution is -2.33. The number of aliphatic hydroxyl groups is 1. The predicted molar refractivity (Wildman–Crippen MR) is 109 cm³/mol. The first-order valence-corrected chi connectivity index (χ1v) is 9.74. The molecule has 2 aromatic rings. The summed E-state index contributed by atoms with van der Waals surface area (Å²) in [5.41, 5.74) is -0.424. The molecule has 1 atom stereocenters. The number of methoxy groups -OCH3 is 1. The van der Waals surface area contributed by atoms with Gasteiger partial charge >= 0.3 is 0 Å². The van der Waals surface area contributed by atoms with E-state index < -0.39 is 35.1 Å². The fourth-order valence-electron chi connectivity index (χ4n) is 3.53. The summed E-state index contributed by atoms with van der Waals surface area (Å²) in [4.78, 5) is 26.8. The Bertz CT molecular complexity index is 1030. The number of nitrogens with zero attached hydrogens (tertiary/aromatic N) is 1. The lowest BCUT2D eigenvalue weighted by molar-refractivity contribution is -0.140. The summed E-state index contributed by atoms with van der Waals surface area (Å²) >= 11 is 0. The number of benzene rings is 2. The average Bonchev–Trinajstić information content (AvgIpc) is 2.98. The second-order valence-electron chi connectivity index (χ2n) is 7.28. The number of ether oxygens (including phenoxy) is 2. The summed E-state index contributed by atoms with van der Waals surface area (Å²) in [5, 5.41) is 11.0. The molecule has 1 fully saturated rings. The molecule has 1 N–H and O–H groups in total. The van der Waals surface area contributed by atoms with Crippen LogP contribution in [0.1, 0.15) is 31.0 Å². The van der Waals surface area contributed by atoms with Crippen LogP contribution in [0.5, 0.6) is 5.75 Å². The Balaban J connectivity index is 2.18. The van der Waals surface area contributed by atoms with E-state index in [-0.39, 0.29) is 41.7 Å². The van der Waals surface area contributed by atoms with Crippen molar-refractivity contribution in [1.82, 2.24) is 4.90 Å². The highest BCUT2D eigenvalue weighted by molar-refractivity contribution is 6.46. The van der Waals surface area contributed by atoms with Gasteiger partial charge in [-0.05, 0) is 38.1 Å². The zero-order valence-electron chi connectivity index (χ0n) is 17.4. The predicted octanol–water partition coefficient (Wildman–Crippen LogP) is 3.82. The molecule has 31 heavy (non-hydrogen) atoms. The molecule has 8 heteroatoms. The van der Waals surface area contributed by atoms with Gasteiger partial charge in [-0.25, -0.2) is 8.78 Å². The van der Waals surface area contributed by atoms with E-state index in [4.69, 9.17) is 9.47 Å². The number of hydrogen-bond acceptors (Lipinski definition) is 5. The van der Waals surface area contributed by atoms with E-state index in [2.05, 4.69) is 0 Å². The number of rotatable bonds is 7. The van der Waals surface area contributed by atoms with E-state index in [9.17, 15) is 23.5 Å². The van der Waals surface area contributed by atoms with Gasteiger partial charge in [0.1, 0.15) is 23.1 Å². The number of Topliss-reactive ketones (excluding diaryl/α,β-unsaturated/α-hetero) is 1. The van der Waals surface area contributed by atoms with Crippen molar-refractivity contribution in [3.63, 3.8) is 0 Å². The van der Waals surface area contributed by atoms with Crippen LogP contribution in [0.3, 0.4) is 0 Å². The third-order valence-electron chi connectivity index (χ3n) is 4.94. The molecule has 0 aliphatic carbocycles. The number of amides is 1. The topological polar surface area (TPSA) is 76.1 Å². The van der Waals surface area contributed by atoms with Gasteiger partial charge in [0.2, 0.25) is 0 Å². The van der Waals surface area contributed by atoms with Crippen molar-refractivity contribution in [2.24, 2.45) is 0 Å². The molecule has 0 bridgehead atoms. The highest BCUT2D eigenvalue weighted by atomic mass is 19.1. The van der Waals surface area contributed by atoms with Crippen LogP contribution in [0, 0.1) is 11.6 Å². The van der Waals surface area contributed by atoms with Gasteiger partial charge in [0, 0.05) is 12.1 Å². The number of carbonyl (C=O) groups excluding carboxylic acids is 2. The van der Waals surface area contributed by atoms with Crippen LogP contribution >= 0.6 is 0 Å². The summed E-state index contributed by atoms with van der Waals surface area (Å²) in [6.45, 7) is 3.75. The van der Waals surface area contributed by atoms with Crippen LogP contribution in [-0.2, 0) is 14.3 Å². The van der Waals surface area contributed by atoms with E-state index in [1.54, 1.807) is 6.07 Å². The first-order valence-electron chi connectivity index (χ1n) is 9.74. The molecule has 0 spiro atoms. The molecule has 1 aliphatic heterocycles. The molecule has 1 unspecified atom stereocenters. The van der Waals surface area contributed by atoms with Gasteiger partial charge in [0.05, 0.1) is 37.0 Å². The van der Waals surface area contributed by atoms with Crippen molar-refractivity contribution < 1.29 is 33.0 Å². The molecule has 1 saturated heterocycles. The van der Waals surface area contributed by atoms with Gasteiger partial charge in [-0.3, -0.25) is 9.59 Å². The largest absolute Gasteiger partial charge is 0.507 e. The third-order valence-corrected chi connectivity index (χ3v) is 4.94. The van der Waals surface area contributed by atoms with Crippen LogP contribution < -0.4 is 4.74 Å². The monoisotopic (exact) mass is 431 g/mol. The second-order valence-corrected chi connectivity index (χ2v) is 7.28. The van der Waals surface area contributed by atoms with Gasteiger partial charge in [-0.15, -0.1) is 0 Å². The number of aliphatic hydroxyl groups excluding tert-OH is 1. The Morgan fingerprint density at radius 3 is 2.52 bits per heavy atom. The quantitative estimate of drug-likeness (QED) is 0.410. The highest BCUT2D eigenvalue weighted by Gasteiger charge is 2.47. The molecule has 2 aromatic carbocycles. The molecule has 164 valence electrons. The van der Waals surface area contributed by atoms with Crippen molar-refractivity contribution >= 4 is 17.4 Å². The SMILES string of the molecule is COc1ccc(F)cc1/C(O)=C1\C(=O)C(=O)N(CCOC(C)C)C1c1ccccc1F. The van der Waals surface area contributed by atoms with E-state index in [0.717, 1.165) is 17.0 Å². The van der Waals surface area contributed by atoms with Crippen LogP contribution in [0.15, 0.2) is 48.0 Å². The molecule has 1 amide bonds. The minimum Gasteiger partial charge on any atom is -0.507 e. The molecule has 6 nitrogen and oxygen atoms in total. The second kappa shape index (κ2) is 9.26. The smallest absolute Gasteiger partial charge is 0.295 e. The maximum atomic E-state index is 14.7. The Labute approximate surface area is 178 Å². The summed E-state index contributed by atoms with van der Waals surface area (Å²) in [5.74, 6) is -3.78. The van der Waals surface area contributed by atoms with Crippen molar-refractivity contribution in [3.8, 4) is 5.75 Å². The van der Waals surface area contributed by atoms with E-state index >= 15 is 0 Å². The molecule has 3 rings (SSSR count). The molecule has 0 saturated carbocycles. The summed E-state index contributed by atoms with van der Waals surface area (Å²) in [7, 11) is 1.32. The van der Waals surface area contributed by atoms with E-state index in [1.165, 1.54) is 31.4 Å². The van der Waals surface area contributed by atoms with Crippen LogP contribution in [0.25, 0.3) is 5.76 Å². The first kappa shape index (κ1) is 22.4.